The first-order chi connectivity index (χ1) is 9.23. The number of hydrogen-bond donors (Lipinski definition) is 0. The molecule has 0 amide bonds. The molecule has 6 heteroatoms. The Balaban J connectivity index is 2.94. The first kappa shape index (κ1) is 15.8. The lowest BCUT2D eigenvalue weighted by Crippen LogP contribution is -2.16. The predicted octanol–water partition coefficient (Wildman–Crippen LogP) is 3.72. The van der Waals surface area contributed by atoms with Crippen molar-refractivity contribution >= 4 is 11.9 Å². The fraction of sp³-hybridized carbons (Fsp3) is 0.286. The number of nitriles is 1. The summed E-state index contributed by atoms with van der Waals surface area (Å²) in [5.41, 5.74) is 0.412. The summed E-state index contributed by atoms with van der Waals surface area (Å²) in [7, 11) is 0. The Labute approximate surface area is 114 Å². The summed E-state index contributed by atoms with van der Waals surface area (Å²) in [6, 6.07) is 6.70. The van der Waals surface area contributed by atoms with Gasteiger partial charge in [-0.15, -0.1) is 13.2 Å². The molecule has 1 rings (SSSR count). The topological polar surface area (TPSA) is 50.1 Å². The molecular weight excluding hydrogens is 271 g/mol. The fourth-order valence-corrected chi connectivity index (χ4v) is 1.40. The van der Waals surface area contributed by atoms with Gasteiger partial charge in [-0.2, -0.15) is 5.26 Å². The van der Waals surface area contributed by atoms with E-state index in [1.165, 1.54) is 18.2 Å². The third-order valence-corrected chi connectivity index (χ3v) is 2.33. The van der Waals surface area contributed by atoms with E-state index >= 15 is 0 Å². The second kappa shape index (κ2) is 6.24. The highest BCUT2D eigenvalue weighted by Crippen LogP contribution is 2.23. The monoisotopic (exact) mass is 283 g/mol. The van der Waals surface area contributed by atoms with Gasteiger partial charge in [-0.3, -0.25) is 4.79 Å². The van der Waals surface area contributed by atoms with Gasteiger partial charge in [-0.25, -0.2) is 0 Å². The molecule has 0 bridgehead atoms. The largest absolute Gasteiger partial charge is 0.573 e. The number of ether oxygens (including phenoxy) is 1. The summed E-state index contributed by atoms with van der Waals surface area (Å²) in [4.78, 5) is 11.7. The number of halogens is 3. The number of carbonyl (C=O) groups is 1. The molecule has 0 N–H and O–H groups in total. The van der Waals surface area contributed by atoms with Crippen molar-refractivity contribution in [2.75, 3.05) is 0 Å². The number of alkyl halides is 3. The summed E-state index contributed by atoms with van der Waals surface area (Å²) in [5.74, 6) is -1.000. The van der Waals surface area contributed by atoms with Crippen molar-refractivity contribution in [1.82, 2.24) is 0 Å². The van der Waals surface area contributed by atoms with Gasteiger partial charge in [0.15, 0.2) is 5.78 Å². The molecule has 0 aromatic heterocycles. The first-order valence-corrected chi connectivity index (χ1v) is 5.75. The van der Waals surface area contributed by atoms with Crippen LogP contribution in [0.2, 0.25) is 0 Å². The summed E-state index contributed by atoms with van der Waals surface area (Å²) >= 11 is 0. The number of ketones is 1. The van der Waals surface area contributed by atoms with Crippen LogP contribution in [0.5, 0.6) is 5.75 Å². The standard InChI is InChI=1S/C14H12F3NO2/c1-9(2)13(19)11(8-18)7-10-3-5-12(6-4-10)20-14(15,16)17/h3-7,9H,1-2H3. The second-order valence-corrected chi connectivity index (χ2v) is 4.31. The minimum Gasteiger partial charge on any atom is -0.406 e. The van der Waals surface area contributed by atoms with E-state index < -0.39 is 6.36 Å². The van der Waals surface area contributed by atoms with E-state index in [0.29, 0.717) is 5.56 Å². The first-order valence-electron chi connectivity index (χ1n) is 5.75. The fourth-order valence-electron chi connectivity index (χ4n) is 1.40. The van der Waals surface area contributed by atoms with Gasteiger partial charge in [-0.05, 0) is 23.8 Å². The van der Waals surface area contributed by atoms with Gasteiger partial charge in [0.25, 0.3) is 0 Å². The number of benzene rings is 1. The van der Waals surface area contributed by atoms with E-state index in [1.54, 1.807) is 19.9 Å². The number of Topliss-reactive ketones (excluding diaryl/α,β-unsaturated/α-hetero) is 1. The summed E-state index contributed by atoms with van der Waals surface area (Å²) in [5, 5.41) is 8.90. The molecule has 0 spiro atoms. The van der Waals surface area contributed by atoms with Crippen LogP contribution in [0.1, 0.15) is 19.4 Å². The van der Waals surface area contributed by atoms with Gasteiger partial charge in [-0.1, -0.05) is 26.0 Å². The minimum atomic E-state index is -4.75. The lowest BCUT2D eigenvalue weighted by Gasteiger charge is -2.08. The van der Waals surface area contributed by atoms with Crippen LogP contribution in [0.4, 0.5) is 13.2 Å². The molecule has 106 valence electrons. The second-order valence-electron chi connectivity index (χ2n) is 4.31. The molecule has 0 aliphatic carbocycles. The SMILES string of the molecule is CC(C)C(=O)C(C#N)=Cc1ccc(OC(F)(F)F)cc1. The van der Waals surface area contributed by atoms with Crippen LogP contribution in [-0.4, -0.2) is 12.1 Å². The van der Waals surface area contributed by atoms with Crippen molar-refractivity contribution in [1.29, 1.82) is 5.26 Å². The van der Waals surface area contributed by atoms with E-state index in [1.807, 2.05) is 0 Å². The van der Waals surface area contributed by atoms with E-state index in [2.05, 4.69) is 4.74 Å². The number of hydrogen-bond acceptors (Lipinski definition) is 3. The summed E-state index contributed by atoms with van der Waals surface area (Å²) in [6.07, 6.45) is -3.41. The maximum Gasteiger partial charge on any atom is 0.573 e. The molecule has 0 heterocycles. The van der Waals surface area contributed by atoms with Crippen LogP contribution in [-0.2, 0) is 4.79 Å². The third-order valence-electron chi connectivity index (χ3n) is 2.33. The lowest BCUT2D eigenvalue weighted by atomic mass is 10.00. The Morgan fingerprint density at radius 3 is 2.25 bits per heavy atom. The van der Waals surface area contributed by atoms with Crippen molar-refractivity contribution in [2.24, 2.45) is 5.92 Å². The third kappa shape index (κ3) is 4.76. The number of nitrogens with zero attached hydrogens (tertiary/aromatic N) is 1. The molecule has 1 aromatic rings. The van der Waals surface area contributed by atoms with Gasteiger partial charge in [0.05, 0.1) is 5.57 Å². The zero-order chi connectivity index (χ0) is 15.3. The minimum absolute atomic E-state index is 0.0375. The van der Waals surface area contributed by atoms with Crippen molar-refractivity contribution in [3.05, 3.63) is 35.4 Å². The molecule has 20 heavy (non-hydrogen) atoms. The average Bonchev–Trinajstić information content (AvgIpc) is 2.35. The van der Waals surface area contributed by atoms with Crippen LogP contribution in [0.3, 0.4) is 0 Å². The summed E-state index contributed by atoms with van der Waals surface area (Å²) in [6.45, 7) is 3.32. The Morgan fingerprint density at radius 2 is 1.85 bits per heavy atom. The highest BCUT2D eigenvalue weighted by molar-refractivity contribution is 6.04. The van der Waals surface area contributed by atoms with Crippen LogP contribution in [0.15, 0.2) is 29.8 Å². The quantitative estimate of drug-likeness (QED) is 0.625. The maximum absolute atomic E-state index is 12.0. The Kier molecular flexibility index (Phi) is 4.92. The molecule has 0 aliphatic heterocycles. The lowest BCUT2D eigenvalue weighted by molar-refractivity contribution is -0.274. The van der Waals surface area contributed by atoms with Crippen LogP contribution in [0.25, 0.3) is 6.08 Å². The van der Waals surface area contributed by atoms with Gasteiger partial charge in [0.2, 0.25) is 0 Å². The van der Waals surface area contributed by atoms with Crippen molar-refractivity contribution in [3.63, 3.8) is 0 Å². The van der Waals surface area contributed by atoms with Crippen molar-refractivity contribution < 1.29 is 22.7 Å². The molecule has 0 unspecified atom stereocenters. The molecule has 0 atom stereocenters. The number of rotatable bonds is 4. The van der Waals surface area contributed by atoms with E-state index in [9.17, 15) is 18.0 Å². The molecule has 0 aliphatic rings. The Bertz CT molecular complexity index is 551. The Morgan fingerprint density at radius 1 is 1.30 bits per heavy atom. The van der Waals surface area contributed by atoms with E-state index in [-0.39, 0.29) is 23.0 Å². The zero-order valence-electron chi connectivity index (χ0n) is 10.9. The smallest absolute Gasteiger partial charge is 0.406 e. The molecular formula is C14H12F3NO2. The van der Waals surface area contributed by atoms with Crippen LogP contribution < -0.4 is 4.74 Å². The molecule has 3 nitrogen and oxygen atoms in total. The molecule has 0 fully saturated rings. The normalized spacial score (nSPS) is 12.2. The van der Waals surface area contributed by atoms with Gasteiger partial charge in [0, 0.05) is 5.92 Å². The number of carbonyl (C=O) groups excluding carboxylic acids is 1. The predicted molar refractivity (Wildman–Crippen MR) is 66.6 cm³/mol. The van der Waals surface area contributed by atoms with Crippen molar-refractivity contribution in [2.45, 2.75) is 20.2 Å². The molecule has 0 saturated carbocycles. The average molecular weight is 283 g/mol. The summed E-state index contributed by atoms with van der Waals surface area (Å²) < 4.78 is 39.7. The number of allylic oxidation sites excluding steroid dienone is 1. The van der Waals surface area contributed by atoms with Crippen LogP contribution >= 0.6 is 0 Å². The van der Waals surface area contributed by atoms with Gasteiger partial charge < -0.3 is 4.74 Å². The molecule has 1 aromatic carbocycles. The van der Waals surface area contributed by atoms with E-state index in [0.717, 1.165) is 12.1 Å². The zero-order valence-corrected chi connectivity index (χ0v) is 10.9. The highest BCUT2D eigenvalue weighted by atomic mass is 19.4. The molecule has 0 radical (unpaired) electrons. The van der Waals surface area contributed by atoms with Gasteiger partial charge >= 0.3 is 6.36 Å². The van der Waals surface area contributed by atoms with Crippen LogP contribution in [0, 0.1) is 17.2 Å². The molecule has 0 saturated heterocycles. The maximum atomic E-state index is 12.0. The highest BCUT2D eigenvalue weighted by Gasteiger charge is 2.30. The van der Waals surface area contributed by atoms with E-state index in [4.69, 9.17) is 5.26 Å². The Hall–Kier alpha value is -2.29. The van der Waals surface area contributed by atoms with Gasteiger partial charge in [0.1, 0.15) is 11.8 Å². The van der Waals surface area contributed by atoms with Crippen molar-refractivity contribution in [3.8, 4) is 11.8 Å².